The number of phenols is 1. The molecule has 210 valence electrons. The van der Waals surface area contributed by atoms with Crippen LogP contribution in [-0.4, -0.2) is 46.6 Å². The fourth-order valence-corrected chi connectivity index (χ4v) is 5.64. The standard InChI is InChI=1S/C31H39F2N3O3/c32-24-19-22(20-25(33)21-24)14-16-34-17-15-30(39)36(26-8-4-1-5-9-26)18-6-2-3-7-23-10-12-28(37)31-27(23)11-13-29(38)35-31/h10-13,19-21,26,34,37H,1-9,14-18H2,(H,35,38). The molecule has 1 saturated carbocycles. The van der Waals surface area contributed by atoms with Gasteiger partial charge in [-0.15, -0.1) is 0 Å². The molecule has 4 rings (SSSR count). The van der Waals surface area contributed by atoms with Gasteiger partial charge in [-0.1, -0.05) is 31.7 Å². The van der Waals surface area contributed by atoms with Gasteiger partial charge >= 0.3 is 0 Å². The smallest absolute Gasteiger partial charge is 0.248 e. The normalized spacial score (nSPS) is 14.1. The number of hydrogen-bond acceptors (Lipinski definition) is 4. The molecule has 1 aliphatic rings. The molecule has 0 unspecified atom stereocenters. The summed E-state index contributed by atoms with van der Waals surface area (Å²) in [4.78, 5) is 29.6. The summed E-state index contributed by atoms with van der Waals surface area (Å²) < 4.78 is 26.7. The first kappa shape index (κ1) is 28.7. The molecule has 1 aromatic heterocycles. The minimum absolute atomic E-state index is 0.0745. The van der Waals surface area contributed by atoms with Crippen LogP contribution in [0.15, 0.2) is 47.3 Å². The average molecular weight is 540 g/mol. The molecule has 0 bridgehead atoms. The molecule has 3 aromatic rings. The third-order valence-corrected chi connectivity index (χ3v) is 7.67. The maximum atomic E-state index is 13.4. The summed E-state index contributed by atoms with van der Waals surface area (Å²) in [5.41, 5.74) is 1.93. The molecular weight excluding hydrogens is 500 g/mol. The van der Waals surface area contributed by atoms with E-state index in [2.05, 4.69) is 15.2 Å². The topological polar surface area (TPSA) is 85.4 Å². The molecule has 0 saturated heterocycles. The second kappa shape index (κ2) is 14.2. The number of pyridine rings is 1. The number of rotatable bonds is 13. The number of unbranched alkanes of at least 4 members (excludes halogenated alkanes) is 2. The number of amides is 1. The maximum absolute atomic E-state index is 13.4. The first-order valence-electron chi connectivity index (χ1n) is 14.2. The fourth-order valence-electron chi connectivity index (χ4n) is 5.64. The summed E-state index contributed by atoms with van der Waals surface area (Å²) in [5, 5.41) is 14.2. The van der Waals surface area contributed by atoms with Gasteiger partial charge in [0.2, 0.25) is 11.5 Å². The Labute approximate surface area is 228 Å². The van der Waals surface area contributed by atoms with Crippen molar-refractivity contribution in [1.29, 1.82) is 0 Å². The second-order valence-corrected chi connectivity index (χ2v) is 10.6. The lowest BCUT2D eigenvalue weighted by Crippen LogP contribution is -2.43. The maximum Gasteiger partial charge on any atom is 0.248 e. The quantitative estimate of drug-likeness (QED) is 0.247. The van der Waals surface area contributed by atoms with E-state index in [9.17, 15) is 23.5 Å². The van der Waals surface area contributed by atoms with E-state index >= 15 is 0 Å². The van der Waals surface area contributed by atoms with Gasteiger partial charge in [-0.05, 0) is 80.5 Å². The summed E-state index contributed by atoms with van der Waals surface area (Å²) in [6, 6.07) is 10.6. The number of phenolic OH excluding ortho intramolecular Hbond substituents is 1. The number of nitrogens with zero attached hydrogens (tertiary/aromatic N) is 1. The summed E-state index contributed by atoms with van der Waals surface area (Å²) in [6.07, 6.45) is 10.3. The van der Waals surface area contributed by atoms with Gasteiger partial charge in [0.05, 0.1) is 5.52 Å². The summed E-state index contributed by atoms with van der Waals surface area (Å²) in [7, 11) is 0. The number of nitrogens with one attached hydrogen (secondary N) is 2. The largest absolute Gasteiger partial charge is 0.506 e. The summed E-state index contributed by atoms with van der Waals surface area (Å²) in [6.45, 7) is 1.84. The van der Waals surface area contributed by atoms with E-state index in [1.165, 1.54) is 24.6 Å². The van der Waals surface area contributed by atoms with Crippen molar-refractivity contribution in [1.82, 2.24) is 15.2 Å². The molecule has 6 nitrogen and oxygen atoms in total. The third-order valence-electron chi connectivity index (χ3n) is 7.67. The number of benzene rings is 2. The second-order valence-electron chi connectivity index (χ2n) is 10.6. The fraction of sp³-hybridized carbons (Fsp3) is 0.484. The van der Waals surface area contributed by atoms with Crippen molar-refractivity contribution in [2.45, 2.75) is 76.7 Å². The number of hydrogen-bond donors (Lipinski definition) is 3. The molecule has 3 N–H and O–H groups in total. The molecule has 1 fully saturated rings. The Morgan fingerprint density at radius 1 is 0.949 bits per heavy atom. The van der Waals surface area contributed by atoms with E-state index in [0.29, 0.717) is 43.1 Å². The number of aromatic amines is 1. The van der Waals surface area contributed by atoms with E-state index in [1.54, 1.807) is 12.1 Å². The molecule has 0 spiro atoms. The molecule has 1 aliphatic carbocycles. The highest BCUT2D eigenvalue weighted by Crippen LogP contribution is 2.27. The van der Waals surface area contributed by atoms with Crippen molar-refractivity contribution in [3.63, 3.8) is 0 Å². The van der Waals surface area contributed by atoms with E-state index in [0.717, 1.165) is 74.9 Å². The van der Waals surface area contributed by atoms with Crippen molar-refractivity contribution in [3.05, 3.63) is 75.6 Å². The number of fused-ring (bicyclic) bond motifs is 1. The highest BCUT2D eigenvalue weighted by Gasteiger charge is 2.24. The van der Waals surface area contributed by atoms with Crippen LogP contribution in [0.5, 0.6) is 5.75 Å². The number of aromatic hydroxyl groups is 1. The van der Waals surface area contributed by atoms with E-state index < -0.39 is 11.6 Å². The van der Waals surface area contributed by atoms with Crippen molar-refractivity contribution in [2.75, 3.05) is 19.6 Å². The zero-order valence-electron chi connectivity index (χ0n) is 22.5. The van der Waals surface area contributed by atoms with E-state index in [4.69, 9.17) is 0 Å². The van der Waals surface area contributed by atoms with Crippen LogP contribution >= 0.6 is 0 Å². The van der Waals surface area contributed by atoms with Crippen molar-refractivity contribution < 1.29 is 18.7 Å². The number of H-pyrrole nitrogens is 1. The van der Waals surface area contributed by atoms with Gasteiger partial charge in [-0.3, -0.25) is 9.59 Å². The number of carbonyl (C=O) groups is 1. The lowest BCUT2D eigenvalue weighted by atomic mass is 9.93. The highest BCUT2D eigenvalue weighted by molar-refractivity contribution is 5.87. The Bertz CT molecular complexity index is 1280. The molecule has 2 aromatic carbocycles. The lowest BCUT2D eigenvalue weighted by Gasteiger charge is -2.34. The molecule has 0 radical (unpaired) electrons. The zero-order chi connectivity index (χ0) is 27.6. The number of aryl methyl sites for hydroxylation is 1. The Kier molecular flexibility index (Phi) is 10.5. The minimum atomic E-state index is -0.573. The number of carbonyl (C=O) groups excluding carboxylic acids is 1. The van der Waals surface area contributed by atoms with Crippen LogP contribution in [0.3, 0.4) is 0 Å². The van der Waals surface area contributed by atoms with Gasteiger partial charge in [-0.25, -0.2) is 8.78 Å². The van der Waals surface area contributed by atoms with Crippen molar-refractivity contribution in [3.8, 4) is 5.75 Å². The molecule has 1 heterocycles. The minimum Gasteiger partial charge on any atom is -0.506 e. The van der Waals surface area contributed by atoms with Gasteiger partial charge in [0, 0.05) is 43.1 Å². The Balaban J connectivity index is 1.23. The number of halogens is 2. The van der Waals surface area contributed by atoms with Crippen LogP contribution in [0.4, 0.5) is 8.78 Å². The van der Waals surface area contributed by atoms with Gasteiger partial charge in [0.1, 0.15) is 17.4 Å². The summed E-state index contributed by atoms with van der Waals surface area (Å²) >= 11 is 0. The first-order valence-corrected chi connectivity index (χ1v) is 14.2. The molecule has 0 aliphatic heterocycles. The van der Waals surface area contributed by atoms with E-state index in [1.807, 2.05) is 6.07 Å². The Hall–Kier alpha value is -3.26. The van der Waals surface area contributed by atoms with Crippen LogP contribution in [0, 0.1) is 11.6 Å². The summed E-state index contributed by atoms with van der Waals surface area (Å²) in [5.74, 6) is -0.905. The molecular formula is C31H39F2N3O3. The lowest BCUT2D eigenvalue weighted by molar-refractivity contribution is -0.134. The monoisotopic (exact) mass is 539 g/mol. The average Bonchev–Trinajstić information content (AvgIpc) is 2.91. The highest BCUT2D eigenvalue weighted by atomic mass is 19.1. The van der Waals surface area contributed by atoms with Crippen molar-refractivity contribution in [2.24, 2.45) is 0 Å². The van der Waals surface area contributed by atoms with Gasteiger partial charge in [-0.2, -0.15) is 0 Å². The first-order chi connectivity index (χ1) is 18.9. The van der Waals surface area contributed by atoms with Gasteiger partial charge < -0.3 is 20.3 Å². The molecule has 0 atom stereocenters. The molecule has 8 heteroatoms. The van der Waals surface area contributed by atoms with Crippen LogP contribution < -0.4 is 10.9 Å². The van der Waals surface area contributed by atoms with Crippen LogP contribution in [0.25, 0.3) is 10.9 Å². The predicted molar refractivity (Wildman–Crippen MR) is 150 cm³/mol. The van der Waals surface area contributed by atoms with Gasteiger partial charge in [0.25, 0.3) is 0 Å². The third kappa shape index (κ3) is 8.36. The van der Waals surface area contributed by atoms with Gasteiger partial charge in [0.15, 0.2) is 0 Å². The predicted octanol–water partition coefficient (Wildman–Crippen LogP) is 5.61. The Morgan fingerprint density at radius 3 is 2.49 bits per heavy atom. The molecule has 1 amide bonds. The SMILES string of the molecule is O=C(CCNCCc1cc(F)cc(F)c1)N(CCCCCc1ccc(O)c2[nH]c(=O)ccc12)C1CCCCC1. The van der Waals surface area contributed by atoms with Crippen LogP contribution in [0.1, 0.15) is 68.9 Å². The zero-order valence-corrected chi connectivity index (χ0v) is 22.5. The van der Waals surface area contributed by atoms with Crippen LogP contribution in [-0.2, 0) is 17.6 Å². The number of aromatic nitrogens is 1. The Morgan fingerprint density at radius 2 is 1.72 bits per heavy atom. The van der Waals surface area contributed by atoms with Crippen LogP contribution in [0.2, 0.25) is 0 Å². The van der Waals surface area contributed by atoms with Crippen molar-refractivity contribution >= 4 is 16.8 Å². The molecule has 39 heavy (non-hydrogen) atoms. The van der Waals surface area contributed by atoms with E-state index in [-0.39, 0.29) is 17.2 Å².